The monoisotopic (exact) mass is 493 g/mol. The van der Waals surface area contributed by atoms with Crippen LogP contribution in [-0.2, 0) is 22.4 Å². The third kappa shape index (κ3) is 3.68. The Morgan fingerprint density at radius 2 is 2.06 bits per heavy atom. The summed E-state index contributed by atoms with van der Waals surface area (Å²) in [5.41, 5.74) is 11.1. The Balaban J connectivity index is 1.76. The van der Waals surface area contributed by atoms with E-state index in [0.29, 0.717) is 40.4 Å². The van der Waals surface area contributed by atoms with Gasteiger partial charge >= 0.3 is 5.97 Å². The van der Waals surface area contributed by atoms with Crippen molar-refractivity contribution in [2.45, 2.75) is 64.2 Å². The fourth-order valence-corrected chi connectivity index (χ4v) is 7.49. The molecule has 0 fully saturated rings. The van der Waals surface area contributed by atoms with E-state index in [1.54, 1.807) is 18.3 Å². The molecule has 1 aliphatic heterocycles. The number of nitrogens with zero attached hydrogens (tertiary/aromatic N) is 2. The van der Waals surface area contributed by atoms with Crippen LogP contribution in [-0.4, -0.2) is 18.4 Å². The summed E-state index contributed by atoms with van der Waals surface area (Å²) in [5, 5.41) is 14.8. The molecular formula is C26H27N3O3S2. The highest BCUT2D eigenvalue weighted by Gasteiger charge is 2.42. The SMILES string of the molecule is CCOC(=O)c1c(N2C(N)=C(C#N)[C@@H](c3ccsc3)C3=C2CCCC3=O)sc2c1CCCCC2. The molecule has 2 aromatic rings. The summed E-state index contributed by atoms with van der Waals surface area (Å²) in [6, 6.07) is 4.27. The number of Topliss-reactive ketones (excluding diaryl/α,β-unsaturated/α-hetero) is 1. The van der Waals surface area contributed by atoms with Crippen LogP contribution in [0.25, 0.3) is 0 Å². The van der Waals surface area contributed by atoms with Crippen molar-refractivity contribution in [2.75, 3.05) is 11.5 Å². The minimum atomic E-state index is -0.459. The van der Waals surface area contributed by atoms with Gasteiger partial charge in [-0.2, -0.15) is 16.6 Å². The van der Waals surface area contributed by atoms with Crippen molar-refractivity contribution >= 4 is 39.4 Å². The van der Waals surface area contributed by atoms with Crippen LogP contribution < -0.4 is 10.6 Å². The summed E-state index contributed by atoms with van der Waals surface area (Å²) in [6.07, 6.45) is 6.83. The molecule has 34 heavy (non-hydrogen) atoms. The summed E-state index contributed by atoms with van der Waals surface area (Å²) in [6.45, 7) is 2.09. The number of thiophene rings is 2. The van der Waals surface area contributed by atoms with E-state index in [2.05, 4.69) is 6.07 Å². The molecule has 1 atom stereocenters. The summed E-state index contributed by atoms with van der Waals surface area (Å²) in [5.74, 6) is -0.445. The Labute approximate surface area is 207 Å². The maximum Gasteiger partial charge on any atom is 0.341 e. The van der Waals surface area contributed by atoms with Gasteiger partial charge in [-0.05, 0) is 73.4 Å². The number of aryl methyl sites for hydroxylation is 1. The molecule has 3 heterocycles. The van der Waals surface area contributed by atoms with Gasteiger partial charge in [-0.1, -0.05) is 6.42 Å². The van der Waals surface area contributed by atoms with E-state index in [1.165, 1.54) is 16.2 Å². The van der Waals surface area contributed by atoms with Gasteiger partial charge < -0.3 is 10.5 Å². The average Bonchev–Trinajstić information content (AvgIpc) is 3.41. The largest absolute Gasteiger partial charge is 0.462 e. The van der Waals surface area contributed by atoms with Gasteiger partial charge in [0.2, 0.25) is 0 Å². The number of rotatable bonds is 4. The predicted octanol–water partition coefficient (Wildman–Crippen LogP) is 5.56. The van der Waals surface area contributed by atoms with Crippen LogP contribution in [0.4, 0.5) is 5.00 Å². The first-order valence-corrected chi connectivity index (χ1v) is 13.6. The number of allylic oxidation sites excluding steroid dienone is 3. The molecule has 0 aromatic carbocycles. The lowest BCUT2D eigenvalue weighted by atomic mass is 9.76. The van der Waals surface area contributed by atoms with Crippen LogP contribution in [0.3, 0.4) is 0 Å². The molecule has 0 amide bonds. The van der Waals surface area contributed by atoms with E-state index >= 15 is 0 Å². The molecule has 0 radical (unpaired) electrons. The van der Waals surface area contributed by atoms with Crippen LogP contribution >= 0.6 is 22.7 Å². The fourth-order valence-electron chi connectivity index (χ4n) is 5.39. The minimum absolute atomic E-state index is 0.0542. The van der Waals surface area contributed by atoms with Crippen molar-refractivity contribution in [2.24, 2.45) is 5.73 Å². The maximum absolute atomic E-state index is 13.3. The number of nitriles is 1. The molecule has 176 valence electrons. The van der Waals surface area contributed by atoms with Crippen molar-refractivity contribution in [1.29, 1.82) is 5.26 Å². The third-order valence-electron chi connectivity index (χ3n) is 6.88. The first-order chi connectivity index (χ1) is 16.6. The first kappa shape index (κ1) is 22.9. The number of fused-ring (bicyclic) bond motifs is 1. The number of ether oxygens (including phenoxy) is 1. The number of hydrogen-bond acceptors (Lipinski definition) is 8. The van der Waals surface area contributed by atoms with Gasteiger partial charge in [-0.3, -0.25) is 9.69 Å². The smallest absolute Gasteiger partial charge is 0.341 e. The molecule has 2 aliphatic carbocycles. The van der Waals surface area contributed by atoms with Crippen LogP contribution in [0.5, 0.6) is 0 Å². The molecule has 3 aliphatic rings. The van der Waals surface area contributed by atoms with Crippen LogP contribution in [0.1, 0.15) is 77.7 Å². The molecule has 2 N–H and O–H groups in total. The number of hydrogen-bond donors (Lipinski definition) is 1. The van der Waals surface area contributed by atoms with Gasteiger partial charge in [0.1, 0.15) is 10.8 Å². The lowest BCUT2D eigenvalue weighted by Crippen LogP contribution is -2.39. The van der Waals surface area contributed by atoms with Gasteiger partial charge in [0, 0.05) is 22.6 Å². The number of nitrogens with two attached hydrogens (primary N) is 1. The Kier molecular flexibility index (Phi) is 6.32. The minimum Gasteiger partial charge on any atom is -0.462 e. The van der Waals surface area contributed by atoms with Crippen LogP contribution in [0.15, 0.2) is 39.5 Å². The lowest BCUT2D eigenvalue weighted by molar-refractivity contribution is -0.116. The number of anilines is 1. The van der Waals surface area contributed by atoms with E-state index < -0.39 is 5.92 Å². The van der Waals surface area contributed by atoms with Crippen molar-refractivity contribution < 1.29 is 14.3 Å². The third-order valence-corrected chi connectivity index (χ3v) is 8.85. The zero-order valence-electron chi connectivity index (χ0n) is 19.2. The van der Waals surface area contributed by atoms with E-state index in [4.69, 9.17) is 10.5 Å². The average molecular weight is 494 g/mol. The molecule has 0 bridgehead atoms. The van der Waals surface area contributed by atoms with Crippen LogP contribution in [0, 0.1) is 11.3 Å². The van der Waals surface area contributed by atoms with Crippen LogP contribution in [0.2, 0.25) is 0 Å². The van der Waals surface area contributed by atoms with Crippen molar-refractivity contribution in [3.05, 3.63) is 61.1 Å². The second-order valence-electron chi connectivity index (χ2n) is 8.84. The van der Waals surface area contributed by atoms with Gasteiger partial charge in [0.25, 0.3) is 0 Å². The Hall–Kier alpha value is -2.89. The van der Waals surface area contributed by atoms with E-state index in [9.17, 15) is 14.9 Å². The molecule has 2 aromatic heterocycles. The molecule has 8 heteroatoms. The van der Waals surface area contributed by atoms with E-state index in [-0.39, 0.29) is 18.4 Å². The maximum atomic E-state index is 13.3. The Morgan fingerprint density at radius 3 is 2.79 bits per heavy atom. The summed E-state index contributed by atoms with van der Waals surface area (Å²) < 4.78 is 5.49. The molecule has 0 saturated carbocycles. The topological polar surface area (TPSA) is 96.4 Å². The lowest BCUT2D eigenvalue weighted by Gasteiger charge is -2.39. The molecule has 0 unspecified atom stereocenters. The zero-order chi connectivity index (χ0) is 23.8. The van der Waals surface area contributed by atoms with Crippen molar-refractivity contribution in [1.82, 2.24) is 0 Å². The molecule has 0 spiro atoms. The number of carbonyl (C=O) groups is 2. The summed E-state index contributed by atoms with van der Waals surface area (Å²) in [4.78, 5) is 29.6. The standard InChI is InChI=1S/C26H27N3O3S2/c1-2-32-26(31)22-16-7-4-3-5-10-20(16)34-25(22)29-18-8-6-9-19(30)23(18)21(15-11-12-33-14-15)17(13-27)24(29)28/h11-12,14,21H,2-10,28H2,1H3/t21-/m1/s1. The van der Waals surface area contributed by atoms with Gasteiger partial charge in [-0.25, -0.2) is 4.79 Å². The van der Waals surface area contributed by atoms with Gasteiger partial charge in [0.15, 0.2) is 5.78 Å². The number of ketones is 1. The Bertz CT molecular complexity index is 1250. The highest BCUT2D eigenvalue weighted by Crippen LogP contribution is 2.50. The molecule has 5 rings (SSSR count). The number of esters is 1. The fraction of sp³-hybridized carbons (Fsp3) is 0.423. The van der Waals surface area contributed by atoms with Crippen molar-refractivity contribution in [3.63, 3.8) is 0 Å². The highest BCUT2D eigenvalue weighted by atomic mass is 32.1. The molecular weight excluding hydrogens is 466 g/mol. The normalized spacial score (nSPS) is 20.5. The van der Waals surface area contributed by atoms with Gasteiger partial charge in [-0.15, -0.1) is 11.3 Å². The first-order valence-electron chi connectivity index (χ1n) is 11.9. The number of carbonyl (C=O) groups excluding carboxylic acids is 2. The predicted molar refractivity (Wildman–Crippen MR) is 134 cm³/mol. The summed E-state index contributed by atoms with van der Waals surface area (Å²) >= 11 is 3.10. The molecule has 6 nitrogen and oxygen atoms in total. The van der Waals surface area contributed by atoms with Gasteiger partial charge in [0.05, 0.1) is 29.7 Å². The highest BCUT2D eigenvalue weighted by molar-refractivity contribution is 7.16. The van der Waals surface area contributed by atoms with E-state index in [1.807, 2.05) is 21.7 Å². The second kappa shape index (κ2) is 9.40. The molecule has 0 saturated heterocycles. The van der Waals surface area contributed by atoms with Crippen molar-refractivity contribution in [3.8, 4) is 6.07 Å². The summed E-state index contributed by atoms with van der Waals surface area (Å²) in [7, 11) is 0. The second-order valence-corrected chi connectivity index (χ2v) is 10.7. The van der Waals surface area contributed by atoms with E-state index in [0.717, 1.165) is 55.3 Å². The quantitative estimate of drug-likeness (QED) is 0.442. The zero-order valence-corrected chi connectivity index (χ0v) is 20.8. The Morgan fingerprint density at radius 1 is 1.24 bits per heavy atom.